The van der Waals surface area contributed by atoms with Crippen molar-refractivity contribution in [2.24, 2.45) is 0 Å². The maximum atomic E-state index is 11.7. The molecule has 0 saturated carbocycles. The van der Waals surface area contributed by atoms with Crippen molar-refractivity contribution < 1.29 is 18.7 Å². The molecular formula is C20H19N3O4S. The number of likely N-dealkylation sites (N-methyl/N-ethyl adjacent to an activating group) is 1. The normalized spacial score (nSPS) is 16.4. The van der Waals surface area contributed by atoms with Gasteiger partial charge in [0.05, 0.1) is 6.54 Å². The number of rotatable bonds is 7. The Morgan fingerprint density at radius 1 is 1.18 bits per heavy atom. The first kappa shape index (κ1) is 18.4. The van der Waals surface area contributed by atoms with Crippen LogP contribution >= 0.6 is 11.8 Å². The van der Waals surface area contributed by atoms with Gasteiger partial charge in [-0.3, -0.25) is 9.59 Å². The van der Waals surface area contributed by atoms with Gasteiger partial charge >= 0.3 is 0 Å². The number of aromatic nitrogens is 1. The Kier molecular flexibility index (Phi) is 5.21. The van der Waals surface area contributed by atoms with E-state index < -0.39 is 6.04 Å². The number of fused-ring (bicyclic) bond motifs is 1. The molecule has 8 heteroatoms. The van der Waals surface area contributed by atoms with E-state index >= 15 is 0 Å². The van der Waals surface area contributed by atoms with Crippen LogP contribution in [0.2, 0.25) is 0 Å². The molecule has 1 unspecified atom stereocenters. The maximum absolute atomic E-state index is 11.7. The first-order chi connectivity index (χ1) is 13.6. The van der Waals surface area contributed by atoms with Gasteiger partial charge in [0.15, 0.2) is 5.58 Å². The topological polar surface area (TPSA) is 84.7 Å². The summed E-state index contributed by atoms with van der Waals surface area (Å²) in [5.41, 5.74) is 2.56. The summed E-state index contributed by atoms with van der Waals surface area (Å²) in [6, 6.07) is 15.3. The van der Waals surface area contributed by atoms with Crippen molar-refractivity contribution in [3.8, 4) is 5.75 Å². The summed E-state index contributed by atoms with van der Waals surface area (Å²) >= 11 is 0.733. The average molecular weight is 397 g/mol. The van der Waals surface area contributed by atoms with Crippen LogP contribution in [0.4, 0.5) is 10.8 Å². The second-order valence-corrected chi connectivity index (χ2v) is 7.47. The molecule has 4 rings (SSSR count). The highest BCUT2D eigenvalue weighted by Crippen LogP contribution is 2.22. The summed E-state index contributed by atoms with van der Waals surface area (Å²) in [7, 11) is 1.90. The molecule has 1 saturated heterocycles. The number of thioether (sulfide) groups is 1. The van der Waals surface area contributed by atoms with E-state index in [-0.39, 0.29) is 10.4 Å². The lowest BCUT2D eigenvalue weighted by Gasteiger charge is -2.15. The van der Waals surface area contributed by atoms with Crippen LogP contribution < -0.4 is 15.0 Å². The molecule has 144 valence electrons. The fourth-order valence-electron chi connectivity index (χ4n) is 2.90. The molecule has 0 aliphatic carbocycles. The number of benzene rings is 2. The molecule has 1 aliphatic heterocycles. The molecule has 0 bridgehead atoms. The van der Waals surface area contributed by atoms with E-state index in [2.05, 4.69) is 10.3 Å². The SMILES string of the molecule is CN(CCOc1ccc(CC2NC(=O)SC2=O)cc1)c1nc2ccccc2o1. The van der Waals surface area contributed by atoms with Gasteiger partial charge in [0.2, 0.25) is 5.12 Å². The van der Waals surface area contributed by atoms with Crippen molar-refractivity contribution >= 4 is 39.2 Å². The number of carbonyl (C=O) groups is 2. The molecule has 3 aromatic rings. The summed E-state index contributed by atoms with van der Waals surface area (Å²) in [6.45, 7) is 1.09. The second-order valence-electron chi connectivity index (χ2n) is 6.49. The Bertz CT molecular complexity index is 969. The smallest absolute Gasteiger partial charge is 0.298 e. The average Bonchev–Trinajstić information content (AvgIpc) is 3.26. The van der Waals surface area contributed by atoms with Crippen molar-refractivity contribution in [1.29, 1.82) is 0 Å². The number of nitrogens with one attached hydrogen (secondary N) is 1. The minimum Gasteiger partial charge on any atom is -0.492 e. The molecular weight excluding hydrogens is 378 g/mol. The maximum Gasteiger partial charge on any atom is 0.298 e. The third-order valence-electron chi connectivity index (χ3n) is 4.44. The highest BCUT2D eigenvalue weighted by molar-refractivity contribution is 8.26. The largest absolute Gasteiger partial charge is 0.492 e. The van der Waals surface area contributed by atoms with E-state index in [0.29, 0.717) is 25.6 Å². The van der Waals surface area contributed by atoms with Gasteiger partial charge in [-0.2, -0.15) is 4.98 Å². The quantitative estimate of drug-likeness (QED) is 0.655. The van der Waals surface area contributed by atoms with Crippen LogP contribution in [0.25, 0.3) is 11.1 Å². The Hall–Kier alpha value is -3.00. The zero-order chi connectivity index (χ0) is 19.5. The monoisotopic (exact) mass is 397 g/mol. The molecule has 1 aromatic heterocycles. The number of nitrogens with zero attached hydrogens (tertiary/aromatic N) is 2. The molecule has 0 spiro atoms. The van der Waals surface area contributed by atoms with Gasteiger partial charge in [-0.1, -0.05) is 24.3 Å². The molecule has 0 radical (unpaired) electrons. The first-order valence-corrected chi connectivity index (χ1v) is 9.71. The van der Waals surface area contributed by atoms with Crippen LogP contribution in [0.5, 0.6) is 5.75 Å². The van der Waals surface area contributed by atoms with Crippen LogP contribution in [-0.2, 0) is 11.2 Å². The second kappa shape index (κ2) is 7.93. The number of hydrogen-bond acceptors (Lipinski definition) is 7. The van der Waals surface area contributed by atoms with Gasteiger partial charge in [-0.15, -0.1) is 0 Å². The number of ether oxygens (including phenoxy) is 1. The van der Waals surface area contributed by atoms with Gasteiger partial charge in [0.1, 0.15) is 23.9 Å². The van der Waals surface area contributed by atoms with Gasteiger partial charge in [-0.05, 0) is 29.8 Å². The molecule has 1 aliphatic rings. The van der Waals surface area contributed by atoms with Crippen molar-refractivity contribution in [2.45, 2.75) is 12.5 Å². The summed E-state index contributed by atoms with van der Waals surface area (Å²) in [4.78, 5) is 29.3. The molecule has 1 N–H and O–H groups in total. The molecule has 1 amide bonds. The van der Waals surface area contributed by atoms with Crippen LogP contribution in [0, 0.1) is 0 Å². The number of oxazole rings is 1. The zero-order valence-corrected chi connectivity index (χ0v) is 16.1. The summed E-state index contributed by atoms with van der Waals surface area (Å²) in [5, 5.41) is 2.25. The van der Waals surface area contributed by atoms with Gasteiger partial charge in [0, 0.05) is 25.2 Å². The van der Waals surface area contributed by atoms with Gasteiger partial charge < -0.3 is 19.4 Å². The highest BCUT2D eigenvalue weighted by Gasteiger charge is 2.31. The van der Waals surface area contributed by atoms with E-state index in [1.807, 2.05) is 60.5 Å². The molecule has 2 aromatic carbocycles. The summed E-state index contributed by atoms with van der Waals surface area (Å²) in [5.74, 6) is 0.742. The first-order valence-electron chi connectivity index (χ1n) is 8.89. The Labute approximate surface area is 166 Å². The number of amides is 1. The van der Waals surface area contributed by atoms with E-state index in [0.717, 1.165) is 34.2 Å². The lowest BCUT2D eigenvalue weighted by Crippen LogP contribution is -2.30. The Morgan fingerprint density at radius 3 is 2.68 bits per heavy atom. The molecule has 2 heterocycles. The van der Waals surface area contributed by atoms with Crippen molar-refractivity contribution in [3.63, 3.8) is 0 Å². The lowest BCUT2D eigenvalue weighted by molar-refractivity contribution is -0.112. The van der Waals surface area contributed by atoms with E-state index in [1.165, 1.54) is 0 Å². The van der Waals surface area contributed by atoms with Crippen LogP contribution in [-0.4, -0.2) is 41.6 Å². The van der Waals surface area contributed by atoms with Crippen LogP contribution in [0.15, 0.2) is 52.9 Å². The minimum atomic E-state index is -0.450. The number of para-hydroxylation sites is 2. The van der Waals surface area contributed by atoms with E-state index in [9.17, 15) is 9.59 Å². The van der Waals surface area contributed by atoms with Crippen molar-refractivity contribution in [2.75, 3.05) is 25.1 Å². The summed E-state index contributed by atoms with van der Waals surface area (Å²) in [6.07, 6.45) is 0.484. The molecule has 28 heavy (non-hydrogen) atoms. The number of anilines is 1. The van der Waals surface area contributed by atoms with E-state index in [4.69, 9.17) is 9.15 Å². The molecule has 1 fully saturated rings. The Morgan fingerprint density at radius 2 is 1.96 bits per heavy atom. The van der Waals surface area contributed by atoms with Gasteiger partial charge in [-0.25, -0.2) is 0 Å². The van der Waals surface area contributed by atoms with Crippen molar-refractivity contribution in [3.05, 3.63) is 54.1 Å². The standard InChI is InChI=1S/C20H19N3O4S/c1-23(19-21-15-4-2-3-5-17(15)27-19)10-11-26-14-8-6-13(7-9-14)12-16-18(24)28-20(25)22-16/h2-9,16H,10-12H2,1H3,(H,22,25). The third-order valence-corrected chi connectivity index (χ3v) is 5.23. The fraction of sp³-hybridized carbons (Fsp3) is 0.250. The third kappa shape index (κ3) is 4.12. The predicted octanol–water partition coefficient (Wildman–Crippen LogP) is 3.24. The Balaban J connectivity index is 1.27. The fourth-order valence-corrected chi connectivity index (χ4v) is 3.57. The van der Waals surface area contributed by atoms with Crippen molar-refractivity contribution in [1.82, 2.24) is 10.3 Å². The minimum absolute atomic E-state index is 0.132. The van der Waals surface area contributed by atoms with Crippen LogP contribution in [0.1, 0.15) is 5.56 Å². The van der Waals surface area contributed by atoms with Crippen LogP contribution in [0.3, 0.4) is 0 Å². The zero-order valence-electron chi connectivity index (χ0n) is 15.3. The summed E-state index contributed by atoms with van der Waals surface area (Å²) < 4.78 is 11.5. The van der Waals surface area contributed by atoms with E-state index in [1.54, 1.807) is 0 Å². The number of carbonyl (C=O) groups excluding carboxylic acids is 2. The molecule has 1 atom stereocenters. The molecule has 7 nitrogen and oxygen atoms in total. The number of hydrogen-bond donors (Lipinski definition) is 1. The lowest BCUT2D eigenvalue weighted by atomic mass is 10.1. The predicted molar refractivity (Wildman–Crippen MR) is 108 cm³/mol. The van der Waals surface area contributed by atoms with Gasteiger partial charge in [0.25, 0.3) is 11.3 Å². The highest BCUT2D eigenvalue weighted by atomic mass is 32.2.